The molecular formula is C18H15BrN2O4. The van der Waals surface area contributed by atoms with Gasteiger partial charge in [-0.25, -0.2) is 4.79 Å². The van der Waals surface area contributed by atoms with E-state index in [-0.39, 0.29) is 12.4 Å². The summed E-state index contributed by atoms with van der Waals surface area (Å²) in [6, 6.07) is 14.0. The first-order valence-corrected chi connectivity index (χ1v) is 8.12. The van der Waals surface area contributed by atoms with Crippen molar-refractivity contribution in [1.29, 1.82) is 5.26 Å². The molecule has 0 unspecified atom stereocenters. The second-order valence-corrected chi connectivity index (χ2v) is 5.94. The topological polar surface area (TPSA) is 88.4 Å². The van der Waals surface area contributed by atoms with Gasteiger partial charge in [-0.2, -0.15) is 5.26 Å². The van der Waals surface area contributed by atoms with E-state index in [1.165, 1.54) is 0 Å². The Morgan fingerprint density at radius 2 is 1.96 bits per heavy atom. The van der Waals surface area contributed by atoms with Gasteiger partial charge in [-0.1, -0.05) is 18.2 Å². The molecule has 0 heterocycles. The number of rotatable bonds is 6. The Bertz CT molecular complexity index is 830. The molecule has 0 fully saturated rings. The van der Waals surface area contributed by atoms with Crippen LogP contribution in [0.3, 0.4) is 0 Å². The van der Waals surface area contributed by atoms with Crippen molar-refractivity contribution in [3.05, 3.63) is 58.1 Å². The van der Waals surface area contributed by atoms with Crippen molar-refractivity contribution < 1.29 is 19.1 Å². The number of nitriles is 1. The van der Waals surface area contributed by atoms with Gasteiger partial charge >= 0.3 is 5.97 Å². The Kier molecular flexibility index (Phi) is 6.54. The number of nitrogens with zero attached hydrogens (tertiary/aromatic N) is 1. The van der Waals surface area contributed by atoms with Crippen LogP contribution in [0.5, 0.6) is 5.75 Å². The molecule has 2 aromatic rings. The Morgan fingerprint density at radius 3 is 2.68 bits per heavy atom. The SMILES string of the molecule is Cc1ccc(NC(=O)COC(=O)COc2ccccc2C#N)c(Br)c1. The van der Waals surface area contributed by atoms with Crippen molar-refractivity contribution in [2.75, 3.05) is 18.5 Å². The standard InChI is InChI=1S/C18H15BrN2O4/c1-12-6-7-15(14(19)8-12)21-17(22)10-25-18(23)11-24-16-5-3-2-4-13(16)9-20/h2-8H,10-11H2,1H3,(H,21,22). The number of nitrogens with one attached hydrogen (secondary N) is 1. The normalized spacial score (nSPS) is 9.80. The van der Waals surface area contributed by atoms with E-state index < -0.39 is 18.5 Å². The van der Waals surface area contributed by atoms with Crippen LogP contribution in [0.4, 0.5) is 5.69 Å². The van der Waals surface area contributed by atoms with Crippen molar-refractivity contribution in [1.82, 2.24) is 0 Å². The van der Waals surface area contributed by atoms with Crippen LogP contribution in [0, 0.1) is 18.3 Å². The number of carbonyl (C=O) groups excluding carboxylic acids is 2. The number of hydrogen-bond acceptors (Lipinski definition) is 5. The molecule has 7 heteroatoms. The average Bonchev–Trinajstić information content (AvgIpc) is 2.60. The minimum absolute atomic E-state index is 0.287. The highest BCUT2D eigenvalue weighted by Crippen LogP contribution is 2.23. The average molecular weight is 403 g/mol. The van der Waals surface area contributed by atoms with Gasteiger partial charge in [0, 0.05) is 4.47 Å². The van der Waals surface area contributed by atoms with Crippen molar-refractivity contribution in [2.45, 2.75) is 6.92 Å². The summed E-state index contributed by atoms with van der Waals surface area (Å²) in [4.78, 5) is 23.5. The maximum Gasteiger partial charge on any atom is 0.344 e. The zero-order valence-electron chi connectivity index (χ0n) is 13.4. The molecule has 0 saturated heterocycles. The third-order valence-corrected chi connectivity index (χ3v) is 3.77. The summed E-state index contributed by atoms with van der Waals surface area (Å²) in [5, 5.41) is 11.6. The van der Waals surface area contributed by atoms with Crippen molar-refractivity contribution in [2.24, 2.45) is 0 Å². The first-order valence-electron chi connectivity index (χ1n) is 7.33. The van der Waals surface area contributed by atoms with E-state index in [1.807, 2.05) is 25.1 Å². The van der Waals surface area contributed by atoms with Crippen LogP contribution in [-0.2, 0) is 14.3 Å². The highest BCUT2D eigenvalue weighted by atomic mass is 79.9. The molecule has 0 radical (unpaired) electrons. The molecule has 0 aliphatic heterocycles. The first kappa shape index (κ1) is 18.5. The lowest BCUT2D eigenvalue weighted by Crippen LogP contribution is -2.23. The molecule has 2 aromatic carbocycles. The highest BCUT2D eigenvalue weighted by Gasteiger charge is 2.11. The van der Waals surface area contributed by atoms with E-state index in [0.29, 0.717) is 11.3 Å². The van der Waals surface area contributed by atoms with E-state index in [0.717, 1.165) is 10.0 Å². The molecule has 0 aliphatic carbocycles. The van der Waals surface area contributed by atoms with Crippen molar-refractivity contribution in [3.8, 4) is 11.8 Å². The summed E-state index contributed by atoms with van der Waals surface area (Å²) in [5.41, 5.74) is 1.95. The van der Waals surface area contributed by atoms with Crippen molar-refractivity contribution in [3.63, 3.8) is 0 Å². The predicted octanol–water partition coefficient (Wildman–Crippen LogP) is 3.19. The maximum atomic E-state index is 11.8. The summed E-state index contributed by atoms with van der Waals surface area (Å²) in [6.45, 7) is 1.12. The van der Waals surface area contributed by atoms with Gasteiger partial charge in [0.25, 0.3) is 5.91 Å². The fourth-order valence-corrected chi connectivity index (χ4v) is 2.51. The van der Waals surface area contributed by atoms with Gasteiger partial charge in [0.2, 0.25) is 0 Å². The van der Waals surface area contributed by atoms with Crippen LogP contribution in [0.1, 0.15) is 11.1 Å². The smallest absolute Gasteiger partial charge is 0.344 e. The van der Waals surface area contributed by atoms with Crippen LogP contribution < -0.4 is 10.1 Å². The van der Waals surface area contributed by atoms with E-state index in [9.17, 15) is 9.59 Å². The monoisotopic (exact) mass is 402 g/mol. The molecule has 0 atom stereocenters. The largest absolute Gasteiger partial charge is 0.481 e. The first-order chi connectivity index (χ1) is 12.0. The van der Waals surface area contributed by atoms with Gasteiger partial charge in [0.15, 0.2) is 13.2 Å². The minimum Gasteiger partial charge on any atom is -0.481 e. The predicted molar refractivity (Wildman–Crippen MR) is 95.1 cm³/mol. The number of carbonyl (C=O) groups is 2. The summed E-state index contributed by atoms with van der Waals surface area (Å²) in [7, 11) is 0. The zero-order chi connectivity index (χ0) is 18.2. The van der Waals surface area contributed by atoms with Gasteiger partial charge in [-0.3, -0.25) is 4.79 Å². The molecule has 25 heavy (non-hydrogen) atoms. The van der Waals surface area contributed by atoms with E-state index >= 15 is 0 Å². The van der Waals surface area contributed by atoms with Gasteiger partial charge < -0.3 is 14.8 Å². The number of aryl methyl sites for hydroxylation is 1. The van der Waals surface area contributed by atoms with Crippen LogP contribution in [-0.4, -0.2) is 25.1 Å². The Labute approximate surface area is 153 Å². The second-order valence-electron chi connectivity index (χ2n) is 5.09. The number of esters is 1. The molecule has 0 spiro atoms. The van der Waals surface area contributed by atoms with Gasteiger partial charge in [0.05, 0.1) is 11.3 Å². The molecular weight excluding hydrogens is 388 g/mol. The maximum absolute atomic E-state index is 11.8. The van der Waals surface area contributed by atoms with E-state index in [1.54, 1.807) is 30.3 Å². The number of anilines is 1. The van der Waals surface area contributed by atoms with Crippen LogP contribution in [0.2, 0.25) is 0 Å². The molecule has 2 rings (SSSR count). The van der Waals surface area contributed by atoms with Gasteiger partial charge in [0.1, 0.15) is 11.8 Å². The van der Waals surface area contributed by atoms with Crippen LogP contribution in [0.15, 0.2) is 46.9 Å². The summed E-state index contributed by atoms with van der Waals surface area (Å²) < 4.78 is 10.8. The quantitative estimate of drug-likeness (QED) is 0.749. The van der Waals surface area contributed by atoms with E-state index in [4.69, 9.17) is 14.7 Å². The van der Waals surface area contributed by atoms with Gasteiger partial charge in [-0.05, 0) is 52.7 Å². The number of para-hydroxylation sites is 1. The molecule has 0 saturated carbocycles. The third kappa shape index (κ3) is 5.62. The lowest BCUT2D eigenvalue weighted by atomic mass is 10.2. The fourth-order valence-electron chi connectivity index (χ4n) is 1.92. The van der Waals surface area contributed by atoms with Crippen LogP contribution >= 0.6 is 15.9 Å². The number of benzene rings is 2. The molecule has 1 amide bonds. The lowest BCUT2D eigenvalue weighted by Gasteiger charge is -2.10. The summed E-state index contributed by atoms with van der Waals surface area (Å²) in [5.74, 6) is -0.879. The molecule has 0 aliphatic rings. The molecule has 1 N–H and O–H groups in total. The zero-order valence-corrected chi connectivity index (χ0v) is 15.0. The minimum atomic E-state index is -0.703. The highest BCUT2D eigenvalue weighted by molar-refractivity contribution is 9.10. The number of halogens is 1. The lowest BCUT2D eigenvalue weighted by molar-refractivity contribution is -0.149. The molecule has 0 bridgehead atoms. The van der Waals surface area contributed by atoms with Crippen molar-refractivity contribution >= 4 is 33.5 Å². The second kappa shape index (κ2) is 8.85. The Balaban J connectivity index is 1.79. The molecule has 0 aromatic heterocycles. The fraction of sp³-hybridized carbons (Fsp3) is 0.167. The number of amides is 1. The third-order valence-electron chi connectivity index (χ3n) is 3.12. The summed E-state index contributed by atoms with van der Waals surface area (Å²) >= 11 is 3.35. The van der Waals surface area contributed by atoms with E-state index in [2.05, 4.69) is 21.2 Å². The Morgan fingerprint density at radius 1 is 1.20 bits per heavy atom. The van der Waals surface area contributed by atoms with Crippen LogP contribution in [0.25, 0.3) is 0 Å². The number of ether oxygens (including phenoxy) is 2. The molecule has 128 valence electrons. The number of hydrogen-bond donors (Lipinski definition) is 1. The Hall–Kier alpha value is -2.85. The molecule has 6 nitrogen and oxygen atoms in total. The van der Waals surface area contributed by atoms with Gasteiger partial charge in [-0.15, -0.1) is 0 Å². The summed E-state index contributed by atoms with van der Waals surface area (Å²) in [6.07, 6.45) is 0.